The van der Waals surface area contributed by atoms with E-state index >= 15 is 0 Å². The molecule has 1 aliphatic heterocycles. The van der Waals surface area contributed by atoms with Crippen LogP contribution in [0.3, 0.4) is 0 Å². The van der Waals surface area contributed by atoms with E-state index in [0.717, 1.165) is 25.7 Å². The third-order valence-electron chi connectivity index (χ3n) is 4.88. The van der Waals surface area contributed by atoms with E-state index in [9.17, 15) is 14.4 Å². The zero-order valence-electron chi connectivity index (χ0n) is 13.2. The molecule has 0 unspecified atom stereocenters. The van der Waals surface area contributed by atoms with Gasteiger partial charge in [-0.05, 0) is 12.8 Å². The summed E-state index contributed by atoms with van der Waals surface area (Å²) in [6.45, 7) is 0.0378. The lowest BCUT2D eigenvalue weighted by molar-refractivity contribution is -0.132. The Kier molecular flexibility index (Phi) is 3.64. The van der Waals surface area contributed by atoms with E-state index in [0.29, 0.717) is 23.5 Å². The van der Waals surface area contributed by atoms with Crippen LogP contribution in [0.4, 0.5) is 4.79 Å². The minimum absolute atomic E-state index is 0.0378. The molecule has 1 saturated carbocycles. The van der Waals surface area contributed by atoms with Crippen LogP contribution in [0.1, 0.15) is 44.2 Å². The van der Waals surface area contributed by atoms with Crippen molar-refractivity contribution in [3.63, 3.8) is 0 Å². The molecule has 3 heterocycles. The van der Waals surface area contributed by atoms with Gasteiger partial charge in [0, 0.05) is 17.6 Å². The standard InChI is InChI=1S/C16H18N4O3S/c21-12-9-11(17-15-19(12)7-8-24-15)10-20-13(22)16(18-14(20)23)5-3-1-2-4-6-16/h7-9H,1-6,10H2,(H,18,23). The molecule has 2 aromatic heterocycles. The van der Waals surface area contributed by atoms with Crippen LogP contribution in [0.2, 0.25) is 0 Å². The second kappa shape index (κ2) is 5.70. The molecule has 24 heavy (non-hydrogen) atoms. The number of amides is 3. The van der Waals surface area contributed by atoms with E-state index in [1.165, 1.54) is 26.7 Å². The molecule has 126 valence electrons. The minimum atomic E-state index is -0.754. The van der Waals surface area contributed by atoms with Gasteiger partial charge in [-0.1, -0.05) is 25.7 Å². The molecule has 4 rings (SSSR count). The number of fused-ring (bicyclic) bond motifs is 1. The summed E-state index contributed by atoms with van der Waals surface area (Å²) in [4.78, 5) is 43.5. The number of aromatic nitrogens is 2. The highest BCUT2D eigenvalue weighted by Crippen LogP contribution is 2.33. The molecular formula is C16H18N4O3S. The van der Waals surface area contributed by atoms with Gasteiger partial charge >= 0.3 is 6.03 Å². The Morgan fingerprint density at radius 2 is 1.92 bits per heavy atom. The molecule has 8 heteroatoms. The number of nitrogens with zero attached hydrogens (tertiary/aromatic N) is 3. The van der Waals surface area contributed by atoms with Gasteiger partial charge in [0.25, 0.3) is 11.5 Å². The van der Waals surface area contributed by atoms with Crippen LogP contribution in [0.25, 0.3) is 4.96 Å². The highest BCUT2D eigenvalue weighted by molar-refractivity contribution is 7.15. The molecule has 0 bridgehead atoms. The van der Waals surface area contributed by atoms with Gasteiger partial charge in [-0.15, -0.1) is 11.3 Å². The summed E-state index contributed by atoms with van der Waals surface area (Å²) in [5, 5.41) is 4.68. The molecule has 0 atom stereocenters. The average Bonchev–Trinajstić information content (AvgIpc) is 3.01. The number of hydrogen-bond donors (Lipinski definition) is 1. The maximum atomic E-state index is 12.9. The van der Waals surface area contributed by atoms with E-state index in [2.05, 4.69) is 10.3 Å². The molecule has 0 radical (unpaired) electrons. The van der Waals surface area contributed by atoms with E-state index < -0.39 is 5.54 Å². The Bertz CT molecular complexity index is 864. The maximum Gasteiger partial charge on any atom is 0.325 e. The zero-order chi connectivity index (χ0) is 16.7. The topological polar surface area (TPSA) is 83.8 Å². The van der Waals surface area contributed by atoms with E-state index in [-0.39, 0.29) is 24.0 Å². The first-order valence-electron chi connectivity index (χ1n) is 8.19. The van der Waals surface area contributed by atoms with Gasteiger partial charge in [0.05, 0.1) is 12.2 Å². The summed E-state index contributed by atoms with van der Waals surface area (Å²) in [5.74, 6) is -0.178. The first-order chi connectivity index (χ1) is 11.6. The van der Waals surface area contributed by atoms with Gasteiger partial charge in [0.2, 0.25) is 0 Å². The van der Waals surface area contributed by atoms with E-state index in [4.69, 9.17) is 0 Å². The number of thiazole rings is 1. The number of hydrogen-bond acceptors (Lipinski definition) is 5. The fraction of sp³-hybridized carbons (Fsp3) is 0.500. The van der Waals surface area contributed by atoms with Gasteiger partial charge < -0.3 is 5.32 Å². The molecule has 0 aromatic carbocycles. The number of urea groups is 1. The molecule has 1 N–H and O–H groups in total. The molecule has 2 fully saturated rings. The molecule has 2 aromatic rings. The maximum absolute atomic E-state index is 12.9. The Morgan fingerprint density at radius 1 is 1.17 bits per heavy atom. The second-order valence-electron chi connectivity index (χ2n) is 6.46. The van der Waals surface area contributed by atoms with Crippen molar-refractivity contribution in [2.24, 2.45) is 0 Å². The van der Waals surface area contributed by atoms with Crippen LogP contribution in [-0.4, -0.2) is 31.8 Å². The predicted molar refractivity (Wildman–Crippen MR) is 88.9 cm³/mol. The van der Waals surface area contributed by atoms with Crippen molar-refractivity contribution in [2.75, 3.05) is 0 Å². The lowest BCUT2D eigenvalue weighted by Gasteiger charge is -2.24. The lowest BCUT2D eigenvalue weighted by Crippen LogP contribution is -2.46. The summed E-state index contributed by atoms with van der Waals surface area (Å²) in [6, 6.07) is 1.01. The lowest BCUT2D eigenvalue weighted by atomic mass is 9.90. The van der Waals surface area contributed by atoms with Gasteiger partial charge in [0.15, 0.2) is 4.96 Å². The fourth-order valence-electron chi connectivity index (χ4n) is 3.62. The fourth-order valence-corrected chi connectivity index (χ4v) is 4.36. The van der Waals surface area contributed by atoms with E-state index in [1.807, 2.05) is 0 Å². The SMILES string of the molecule is O=C1NC2(CCCCCC2)C(=O)N1Cc1cc(=O)n2ccsc2n1. The number of nitrogens with one attached hydrogen (secondary N) is 1. The monoisotopic (exact) mass is 346 g/mol. The van der Waals surface area contributed by atoms with Gasteiger partial charge in [-0.25, -0.2) is 9.78 Å². The third-order valence-corrected chi connectivity index (χ3v) is 5.64. The minimum Gasteiger partial charge on any atom is -0.323 e. The van der Waals surface area contributed by atoms with Crippen molar-refractivity contribution in [1.29, 1.82) is 0 Å². The highest BCUT2D eigenvalue weighted by atomic mass is 32.1. The summed E-state index contributed by atoms with van der Waals surface area (Å²) in [6.07, 6.45) is 7.12. The smallest absolute Gasteiger partial charge is 0.323 e. The summed E-state index contributed by atoms with van der Waals surface area (Å²) >= 11 is 1.35. The van der Waals surface area contributed by atoms with Gasteiger partial charge in [-0.2, -0.15) is 0 Å². The van der Waals surface area contributed by atoms with Crippen molar-refractivity contribution in [1.82, 2.24) is 19.6 Å². The predicted octanol–water partition coefficient (Wildman–Crippen LogP) is 1.90. The molecule has 1 saturated heterocycles. The largest absolute Gasteiger partial charge is 0.325 e. The van der Waals surface area contributed by atoms with Crippen LogP contribution in [0.15, 0.2) is 22.4 Å². The molecule has 1 aliphatic carbocycles. The van der Waals surface area contributed by atoms with Crippen molar-refractivity contribution < 1.29 is 9.59 Å². The highest BCUT2D eigenvalue weighted by Gasteiger charge is 2.50. The normalized spacial score (nSPS) is 20.6. The third kappa shape index (κ3) is 2.41. The van der Waals surface area contributed by atoms with Crippen molar-refractivity contribution in [3.8, 4) is 0 Å². The summed E-state index contributed by atoms with van der Waals surface area (Å²) in [5.41, 5.74) is -0.514. The molecule has 2 aliphatic rings. The second-order valence-corrected chi connectivity index (χ2v) is 7.33. The summed E-state index contributed by atoms with van der Waals surface area (Å²) < 4.78 is 1.45. The van der Waals surface area contributed by atoms with Crippen LogP contribution in [0, 0.1) is 0 Å². The van der Waals surface area contributed by atoms with Crippen molar-refractivity contribution in [3.05, 3.63) is 33.7 Å². The van der Waals surface area contributed by atoms with Crippen LogP contribution >= 0.6 is 11.3 Å². The summed E-state index contributed by atoms with van der Waals surface area (Å²) in [7, 11) is 0. The number of rotatable bonds is 2. The Labute approximate surface area is 142 Å². The quantitative estimate of drug-likeness (QED) is 0.842. The van der Waals surface area contributed by atoms with E-state index in [1.54, 1.807) is 11.6 Å². The first-order valence-corrected chi connectivity index (χ1v) is 9.07. The van der Waals surface area contributed by atoms with Crippen molar-refractivity contribution >= 4 is 28.2 Å². The van der Waals surface area contributed by atoms with Gasteiger partial charge in [-0.3, -0.25) is 18.9 Å². The Hall–Kier alpha value is -2.22. The Balaban J connectivity index is 1.62. The Morgan fingerprint density at radius 3 is 2.67 bits per heavy atom. The number of carbonyl (C=O) groups excluding carboxylic acids is 2. The average molecular weight is 346 g/mol. The molecule has 7 nitrogen and oxygen atoms in total. The molecule has 1 spiro atoms. The zero-order valence-corrected chi connectivity index (χ0v) is 14.0. The number of imide groups is 1. The molecule has 3 amide bonds. The van der Waals surface area contributed by atoms with Gasteiger partial charge in [0.1, 0.15) is 5.54 Å². The number of carbonyl (C=O) groups is 2. The van der Waals surface area contributed by atoms with Crippen LogP contribution < -0.4 is 10.9 Å². The van der Waals surface area contributed by atoms with Crippen molar-refractivity contribution in [2.45, 2.75) is 50.6 Å². The van der Waals surface area contributed by atoms with Crippen LogP contribution in [0.5, 0.6) is 0 Å². The van der Waals surface area contributed by atoms with Crippen LogP contribution in [-0.2, 0) is 11.3 Å². The molecular weight excluding hydrogens is 328 g/mol. The first kappa shape index (κ1) is 15.3.